The van der Waals surface area contributed by atoms with Crippen LogP contribution < -0.4 is 5.32 Å². The van der Waals surface area contributed by atoms with Gasteiger partial charge in [0.1, 0.15) is 0 Å². The Morgan fingerprint density at radius 3 is 2.33 bits per heavy atom. The summed E-state index contributed by atoms with van der Waals surface area (Å²) < 4.78 is 10.3. The monoisotopic (exact) mass is 173 g/mol. The lowest BCUT2D eigenvalue weighted by Gasteiger charge is -2.25. The van der Waals surface area contributed by atoms with Gasteiger partial charge in [0.05, 0.1) is 0 Å². The van der Waals surface area contributed by atoms with Crippen LogP contribution >= 0.6 is 0 Å². The van der Waals surface area contributed by atoms with E-state index in [0.717, 1.165) is 25.4 Å². The normalized spacial score (nSPS) is 20.2. The average Bonchev–Trinajstić information content (AvgIpc) is 2.16. The van der Waals surface area contributed by atoms with E-state index in [4.69, 9.17) is 9.47 Å². The van der Waals surface area contributed by atoms with Crippen molar-refractivity contribution in [3.8, 4) is 0 Å². The molecule has 1 aliphatic rings. The van der Waals surface area contributed by atoms with E-state index in [0.29, 0.717) is 0 Å². The molecular weight excluding hydrogens is 154 g/mol. The van der Waals surface area contributed by atoms with Crippen LogP contribution in [0.3, 0.4) is 0 Å². The van der Waals surface area contributed by atoms with Crippen LogP contribution in [0.25, 0.3) is 0 Å². The summed E-state index contributed by atoms with van der Waals surface area (Å²) >= 11 is 0. The lowest BCUT2D eigenvalue weighted by molar-refractivity contribution is -0.115. The second kappa shape index (κ2) is 5.51. The van der Waals surface area contributed by atoms with E-state index < -0.39 is 0 Å². The molecule has 1 heterocycles. The summed E-state index contributed by atoms with van der Waals surface area (Å²) in [4.78, 5) is 0. The SMILES string of the molecule is COC(CC1CCNCC1)OC. The Labute approximate surface area is 74.4 Å². The molecule has 0 saturated carbocycles. The first-order chi connectivity index (χ1) is 5.86. The minimum Gasteiger partial charge on any atom is -0.356 e. The van der Waals surface area contributed by atoms with Crippen molar-refractivity contribution in [3.05, 3.63) is 0 Å². The molecule has 0 aromatic rings. The number of methoxy groups -OCH3 is 2. The standard InChI is InChI=1S/C9H19NO2/c1-11-9(12-2)7-8-3-5-10-6-4-8/h8-10H,3-7H2,1-2H3. The van der Waals surface area contributed by atoms with Crippen LogP contribution in [0.1, 0.15) is 19.3 Å². The number of hydrogen-bond acceptors (Lipinski definition) is 3. The zero-order valence-electron chi connectivity index (χ0n) is 8.01. The molecule has 3 nitrogen and oxygen atoms in total. The lowest BCUT2D eigenvalue weighted by Crippen LogP contribution is -2.30. The maximum absolute atomic E-state index is 5.16. The first-order valence-corrected chi connectivity index (χ1v) is 4.63. The fourth-order valence-electron chi connectivity index (χ4n) is 1.68. The molecule has 72 valence electrons. The minimum absolute atomic E-state index is 0.00639. The molecule has 12 heavy (non-hydrogen) atoms. The number of ether oxygens (including phenoxy) is 2. The third kappa shape index (κ3) is 3.09. The van der Waals surface area contributed by atoms with Gasteiger partial charge in [0.25, 0.3) is 0 Å². The fourth-order valence-corrected chi connectivity index (χ4v) is 1.68. The Balaban J connectivity index is 2.18. The Morgan fingerprint density at radius 2 is 1.83 bits per heavy atom. The largest absolute Gasteiger partial charge is 0.356 e. The zero-order valence-corrected chi connectivity index (χ0v) is 8.01. The molecule has 0 spiro atoms. The van der Waals surface area contributed by atoms with Crippen LogP contribution in [0.2, 0.25) is 0 Å². The van der Waals surface area contributed by atoms with Gasteiger partial charge in [0, 0.05) is 20.6 Å². The van der Waals surface area contributed by atoms with Gasteiger partial charge in [-0.15, -0.1) is 0 Å². The van der Waals surface area contributed by atoms with Crippen molar-refractivity contribution in [3.63, 3.8) is 0 Å². The third-order valence-electron chi connectivity index (χ3n) is 2.51. The highest BCUT2D eigenvalue weighted by Gasteiger charge is 2.17. The molecule has 1 N–H and O–H groups in total. The Morgan fingerprint density at radius 1 is 1.25 bits per heavy atom. The Hall–Kier alpha value is -0.120. The van der Waals surface area contributed by atoms with E-state index in [1.54, 1.807) is 14.2 Å². The Bertz CT molecular complexity index is 109. The number of hydrogen-bond donors (Lipinski definition) is 1. The van der Waals surface area contributed by atoms with E-state index in [2.05, 4.69) is 5.32 Å². The first kappa shape index (κ1) is 9.96. The van der Waals surface area contributed by atoms with Crippen molar-refractivity contribution in [2.75, 3.05) is 27.3 Å². The number of piperidine rings is 1. The van der Waals surface area contributed by atoms with Gasteiger partial charge in [-0.1, -0.05) is 0 Å². The van der Waals surface area contributed by atoms with Crippen LogP contribution in [0.15, 0.2) is 0 Å². The molecule has 0 unspecified atom stereocenters. The summed E-state index contributed by atoms with van der Waals surface area (Å²) in [5.41, 5.74) is 0. The molecule has 0 aliphatic carbocycles. The van der Waals surface area contributed by atoms with Crippen LogP contribution in [0, 0.1) is 5.92 Å². The van der Waals surface area contributed by atoms with E-state index >= 15 is 0 Å². The third-order valence-corrected chi connectivity index (χ3v) is 2.51. The number of rotatable bonds is 4. The quantitative estimate of drug-likeness (QED) is 0.643. The molecule has 0 radical (unpaired) electrons. The van der Waals surface area contributed by atoms with Crippen molar-refractivity contribution >= 4 is 0 Å². The van der Waals surface area contributed by atoms with Crippen molar-refractivity contribution in [2.24, 2.45) is 5.92 Å². The molecule has 0 atom stereocenters. The maximum Gasteiger partial charge on any atom is 0.157 e. The zero-order chi connectivity index (χ0) is 8.81. The first-order valence-electron chi connectivity index (χ1n) is 4.63. The molecule has 1 rings (SSSR count). The molecule has 1 aliphatic heterocycles. The summed E-state index contributed by atoms with van der Waals surface area (Å²) in [5, 5.41) is 3.34. The Kier molecular flexibility index (Phi) is 4.58. The average molecular weight is 173 g/mol. The predicted molar refractivity (Wildman–Crippen MR) is 48.0 cm³/mol. The van der Waals surface area contributed by atoms with Gasteiger partial charge in [-0.05, 0) is 31.8 Å². The van der Waals surface area contributed by atoms with Crippen LogP contribution in [0.4, 0.5) is 0 Å². The maximum atomic E-state index is 5.16. The highest BCUT2D eigenvalue weighted by Crippen LogP contribution is 2.19. The highest BCUT2D eigenvalue weighted by molar-refractivity contribution is 4.69. The molecule has 3 heteroatoms. The van der Waals surface area contributed by atoms with E-state index in [1.807, 2.05) is 0 Å². The van der Waals surface area contributed by atoms with E-state index in [1.165, 1.54) is 12.8 Å². The molecule has 0 bridgehead atoms. The van der Waals surface area contributed by atoms with Gasteiger partial charge in [0.2, 0.25) is 0 Å². The van der Waals surface area contributed by atoms with Crippen molar-refractivity contribution in [1.82, 2.24) is 5.32 Å². The fraction of sp³-hybridized carbons (Fsp3) is 1.00. The van der Waals surface area contributed by atoms with Gasteiger partial charge in [0.15, 0.2) is 6.29 Å². The van der Waals surface area contributed by atoms with Gasteiger partial charge in [-0.3, -0.25) is 0 Å². The second-order valence-corrected chi connectivity index (χ2v) is 3.33. The lowest BCUT2D eigenvalue weighted by atomic mass is 9.94. The van der Waals surface area contributed by atoms with Gasteiger partial charge in [-0.25, -0.2) is 0 Å². The van der Waals surface area contributed by atoms with Gasteiger partial charge in [-0.2, -0.15) is 0 Å². The van der Waals surface area contributed by atoms with Crippen molar-refractivity contribution in [1.29, 1.82) is 0 Å². The van der Waals surface area contributed by atoms with Crippen molar-refractivity contribution in [2.45, 2.75) is 25.6 Å². The molecule has 0 amide bonds. The molecular formula is C9H19NO2. The summed E-state index contributed by atoms with van der Waals surface area (Å²) in [6, 6.07) is 0. The molecule has 0 aromatic heterocycles. The predicted octanol–water partition coefficient (Wildman–Crippen LogP) is 0.995. The molecule has 0 aromatic carbocycles. The summed E-state index contributed by atoms with van der Waals surface area (Å²) in [7, 11) is 3.41. The van der Waals surface area contributed by atoms with Crippen molar-refractivity contribution < 1.29 is 9.47 Å². The van der Waals surface area contributed by atoms with Gasteiger partial charge >= 0.3 is 0 Å². The number of nitrogens with one attached hydrogen (secondary N) is 1. The molecule has 1 saturated heterocycles. The minimum atomic E-state index is -0.00639. The van der Waals surface area contributed by atoms with Crippen LogP contribution in [-0.2, 0) is 9.47 Å². The van der Waals surface area contributed by atoms with Crippen LogP contribution in [0.5, 0.6) is 0 Å². The highest BCUT2D eigenvalue weighted by atomic mass is 16.7. The van der Waals surface area contributed by atoms with E-state index in [9.17, 15) is 0 Å². The summed E-state index contributed by atoms with van der Waals surface area (Å²) in [6.45, 7) is 2.29. The summed E-state index contributed by atoms with van der Waals surface area (Å²) in [5.74, 6) is 0.774. The van der Waals surface area contributed by atoms with Gasteiger partial charge < -0.3 is 14.8 Å². The second-order valence-electron chi connectivity index (χ2n) is 3.33. The summed E-state index contributed by atoms with van der Waals surface area (Å²) in [6.07, 6.45) is 3.54. The topological polar surface area (TPSA) is 30.5 Å². The molecule has 1 fully saturated rings. The van der Waals surface area contributed by atoms with Crippen LogP contribution in [-0.4, -0.2) is 33.6 Å². The smallest absolute Gasteiger partial charge is 0.157 e. The van der Waals surface area contributed by atoms with E-state index in [-0.39, 0.29) is 6.29 Å².